The van der Waals surface area contributed by atoms with Gasteiger partial charge >= 0.3 is 11.9 Å². The molecule has 2 saturated carbocycles. The fourth-order valence-electron chi connectivity index (χ4n) is 7.70. The first kappa shape index (κ1) is 29.8. The van der Waals surface area contributed by atoms with E-state index in [1.807, 2.05) is 13.8 Å². The number of carbonyl (C=O) groups is 4. The SMILES string of the molecule is C[C@@H]1C[C@@H]([C@H](NC=O)C(=O)OCCCCOC(=O)[C@@](C)(NC=O)C2C[C@@H](C)O[C@H]3CCC[C@@H]23)[C@@H]2CCC[C@@H]2O1. The lowest BCUT2D eigenvalue weighted by Crippen LogP contribution is -2.60. The summed E-state index contributed by atoms with van der Waals surface area (Å²) in [5.41, 5.74) is -1.12. The van der Waals surface area contributed by atoms with Gasteiger partial charge < -0.3 is 29.6 Å². The van der Waals surface area contributed by atoms with Crippen LogP contribution in [0, 0.1) is 23.7 Å². The summed E-state index contributed by atoms with van der Waals surface area (Å²) in [5, 5.41) is 5.49. The van der Waals surface area contributed by atoms with Crippen LogP contribution in [0.4, 0.5) is 0 Å². The molecule has 4 fully saturated rings. The van der Waals surface area contributed by atoms with E-state index in [0.29, 0.717) is 38.5 Å². The van der Waals surface area contributed by atoms with Crippen molar-refractivity contribution in [2.75, 3.05) is 13.2 Å². The van der Waals surface area contributed by atoms with Crippen LogP contribution in [-0.4, -0.2) is 74.0 Å². The largest absolute Gasteiger partial charge is 0.464 e. The Morgan fingerprint density at radius 3 is 2.18 bits per heavy atom. The highest BCUT2D eigenvalue weighted by Crippen LogP contribution is 2.46. The average molecular weight is 551 g/mol. The Labute approximate surface area is 231 Å². The summed E-state index contributed by atoms with van der Waals surface area (Å²) in [7, 11) is 0. The number of carbonyl (C=O) groups excluding carboxylic acids is 4. The fourth-order valence-corrected chi connectivity index (χ4v) is 7.70. The highest BCUT2D eigenvalue weighted by Gasteiger charge is 2.52. The minimum atomic E-state index is -1.12. The van der Waals surface area contributed by atoms with Gasteiger partial charge in [0.1, 0.15) is 11.6 Å². The number of ether oxygens (including phenoxy) is 4. The average Bonchev–Trinajstić information content (AvgIpc) is 3.57. The van der Waals surface area contributed by atoms with E-state index >= 15 is 0 Å². The number of esters is 2. The number of hydrogen-bond donors (Lipinski definition) is 2. The van der Waals surface area contributed by atoms with Gasteiger partial charge in [-0.2, -0.15) is 0 Å². The molecule has 2 aliphatic carbocycles. The van der Waals surface area contributed by atoms with Crippen molar-refractivity contribution in [3.8, 4) is 0 Å². The van der Waals surface area contributed by atoms with E-state index in [0.717, 1.165) is 38.5 Å². The molecular formula is C29H46N2O8. The van der Waals surface area contributed by atoms with Crippen molar-refractivity contribution < 1.29 is 38.1 Å². The molecule has 2 aliphatic heterocycles. The van der Waals surface area contributed by atoms with E-state index in [9.17, 15) is 19.2 Å². The molecule has 39 heavy (non-hydrogen) atoms. The monoisotopic (exact) mass is 550 g/mol. The first-order chi connectivity index (χ1) is 18.8. The van der Waals surface area contributed by atoms with Crippen molar-refractivity contribution in [3.63, 3.8) is 0 Å². The molecule has 2 amide bonds. The van der Waals surface area contributed by atoms with Crippen molar-refractivity contribution in [3.05, 3.63) is 0 Å². The van der Waals surface area contributed by atoms with Gasteiger partial charge in [-0.15, -0.1) is 0 Å². The van der Waals surface area contributed by atoms with Crippen LogP contribution in [0.3, 0.4) is 0 Å². The Morgan fingerprint density at radius 1 is 0.897 bits per heavy atom. The summed E-state index contributed by atoms with van der Waals surface area (Å²) in [4.78, 5) is 49.0. The number of rotatable bonds is 13. The van der Waals surface area contributed by atoms with Crippen LogP contribution in [0.15, 0.2) is 0 Å². The second-order valence-corrected chi connectivity index (χ2v) is 12.1. The first-order valence-electron chi connectivity index (χ1n) is 14.8. The van der Waals surface area contributed by atoms with E-state index in [1.54, 1.807) is 6.92 Å². The predicted molar refractivity (Wildman–Crippen MR) is 141 cm³/mol. The lowest BCUT2D eigenvalue weighted by molar-refractivity contribution is -0.164. The van der Waals surface area contributed by atoms with Gasteiger partial charge in [-0.1, -0.05) is 12.8 Å². The van der Waals surface area contributed by atoms with Gasteiger partial charge in [0.15, 0.2) is 0 Å². The molecular weight excluding hydrogens is 504 g/mol. The van der Waals surface area contributed by atoms with Crippen LogP contribution in [0.25, 0.3) is 0 Å². The third kappa shape index (κ3) is 6.76. The normalized spacial score (nSPS) is 36.0. The van der Waals surface area contributed by atoms with E-state index in [1.165, 1.54) is 0 Å². The summed E-state index contributed by atoms with van der Waals surface area (Å²) in [5.74, 6) is -0.454. The van der Waals surface area contributed by atoms with E-state index < -0.39 is 23.5 Å². The standard InChI is InChI=1S/C29H46N2O8/c1-18-14-22(20-8-6-10-24(20)38-18)26(30-16-32)27(34)36-12-4-5-13-37-28(35)29(3,31-17-33)23-15-19(2)39-25-11-7-9-21(23)25/h16-26H,4-15H2,1-3H3,(H,30,32)(H,31,33)/t18-,19-,20+,21+,22-,23?,24+,25+,26+,29+/m1/s1. The molecule has 0 spiro atoms. The minimum absolute atomic E-state index is 0.00438. The zero-order valence-electron chi connectivity index (χ0n) is 23.6. The van der Waals surface area contributed by atoms with Crippen LogP contribution in [0.1, 0.15) is 85.0 Å². The van der Waals surface area contributed by atoms with Crippen LogP contribution in [0.5, 0.6) is 0 Å². The van der Waals surface area contributed by atoms with Crippen molar-refractivity contribution in [1.29, 1.82) is 0 Å². The Morgan fingerprint density at radius 2 is 1.51 bits per heavy atom. The zero-order chi connectivity index (χ0) is 28.0. The maximum Gasteiger partial charge on any atom is 0.331 e. The topological polar surface area (TPSA) is 129 Å². The van der Waals surface area contributed by atoms with E-state index in [4.69, 9.17) is 18.9 Å². The minimum Gasteiger partial charge on any atom is -0.464 e. The number of unbranched alkanes of at least 4 members (excludes halogenated alkanes) is 1. The molecule has 0 bridgehead atoms. The first-order valence-corrected chi connectivity index (χ1v) is 14.8. The summed E-state index contributed by atoms with van der Waals surface area (Å²) in [6.07, 6.45) is 9.96. The number of fused-ring (bicyclic) bond motifs is 2. The summed E-state index contributed by atoms with van der Waals surface area (Å²) in [6, 6.07) is -0.686. The van der Waals surface area contributed by atoms with Crippen molar-refractivity contribution in [2.24, 2.45) is 23.7 Å². The molecule has 0 aromatic heterocycles. The second-order valence-electron chi connectivity index (χ2n) is 12.1. The molecule has 2 N–H and O–H groups in total. The molecule has 10 heteroatoms. The lowest BCUT2D eigenvalue weighted by Gasteiger charge is -2.45. The van der Waals surface area contributed by atoms with Gasteiger partial charge in [0.05, 0.1) is 37.6 Å². The molecule has 0 aromatic rings. The van der Waals surface area contributed by atoms with Gasteiger partial charge in [-0.25, -0.2) is 9.59 Å². The summed E-state index contributed by atoms with van der Waals surface area (Å²) >= 11 is 0. The Balaban J connectivity index is 1.24. The van der Waals surface area contributed by atoms with Gasteiger partial charge in [-0.05, 0) is 89.9 Å². The number of hydrogen-bond acceptors (Lipinski definition) is 8. The van der Waals surface area contributed by atoms with Crippen molar-refractivity contribution in [2.45, 2.75) is 121 Å². The second kappa shape index (κ2) is 13.4. The Bertz CT molecular complexity index is 870. The summed E-state index contributed by atoms with van der Waals surface area (Å²) < 4.78 is 23.3. The van der Waals surface area contributed by atoms with Crippen LogP contribution in [0.2, 0.25) is 0 Å². The molecule has 10 nitrogen and oxygen atoms in total. The van der Waals surface area contributed by atoms with Gasteiger partial charge in [-0.3, -0.25) is 9.59 Å². The highest BCUT2D eigenvalue weighted by molar-refractivity contribution is 5.83. The van der Waals surface area contributed by atoms with Crippen molar-refractivity contribution >= 4 is 24.8 Å². The maximum atomic E-state index is 13.2. The predicted octanol–water partition coefficient (Wildman–Crippen LogP) is 2.66. The fraction of sp³-hybridized carbons (Fsp3) is 0.862. The van der Waals surface area contributed by atoms with Gasteiger partial charge in [0.25, 0.3) is 0 Å². The third-order valence-electron chi connectivity index (χ3n) is 9.55. The van der Waals surface area contributed by atoms with Gasteiger partial charge in [0, 0.05) is 5.92 Å². The molecule has 0 radical (unpaired) electrons. The quantitative estimate of drug-likeness (QED) is 0.203. The van der Waals surface area contributed by atoms with Crippen LogP contribution >= 0.6 is 0 Å². The van der Waals surface area contributed by atoms with Crippen molar-refractivity contribution in [1.82, 2.24) is 10.6 Å². The Hall–Kier alpha value is -2.20. The lowest BCUT2D eigenvalue weighted by atomic mass is 9.70. The van der Waals surface area contributed by atoms with Crippen LogP contribution < -0.4 is 10.6 Å². The molecule has 1 unspecified atom stereocenters. The molecule has 4 rings (SSSR count). The molecule has 10 atom stereocenters. The third-order valence-corrected chi connectivity index (χ3v) is 9.55. The zero-order valence-corrected chi connectivity index (χ0v) is 23.6. The van der Waals surface area contributed by atoms with Crippen LogP contribution in [-0.2, 0) is 38.1 Å². The summed E-state index contributed by atoms with van der Waals surface area (Å²) in [6.45, 7) is 6.12. The van der Waals surface area contributed by atoms with Gasteiger partial charge in [0.2, 0.25) is 12.8 Å². The van der Waals surface area contributed by atoms with E-state index in [-0.39, 0.29) is 61.3 Å². The smallest absolute Gasteiger partial charge is 0.331 e. The van der Waals surface area contributed by atoms with E-state index in [2.05, 4.69) is 10.6 Å². The maximum absolute atomic E-state index is 13.2. The highest BCUT2D eigenvalue weighted by atomic mass is 16.5. The Kier molecular flexibility index (Phi) is 10.3. The molecule has 4 aliphatic rings. The number of nitrogens with one attached hydrogen (secondary N) is 2. The molecule has 2 heterocycles. The molecule has 2 saturated heterocycles. The molecule has 220 valence electrons. The molecule has 0 aromatic carbocycles. The number of amides is 2.